The van der Waals surface area contributed by atoms with Gasteiger partial charge in [-0.2, -0.15) is 0 Å². The third-order valence-electron chi connectivity index (χ3n) is 6.03. The molecule has 2 aliphatic rings. The SMILES string of the molecule is CC(C)C1C2C1(C)C2(C(N)=O)C(C)(C)CCN=C(N)N. The fourth-order valence-electron chi connectivity index (χ4n) is 5.30. The van der Waals surface area contributed by atoms with Gasteiger partial charge in [0.15, 0.2) is 5.96 Å². The van der Waals surface area contributed by atoms with Gasteiger partial charge in [-0.25, -0.2) is 0 Å². The van der Waals surface area contributed by atoms with E-state index < -0.39 is 0 Å². The molecule has 0 aliphatic heterocycles. The van der Waals surface area contributed by atoms with E-state index in [1.165, 1.54) is 0 Å². The molecule has 1 amide bonds. The number of nitrogens with two attached hydrogens (primary N) is 3. The Morgan fingerprint density at radius 2 is 1.80 bits per heavy atom. The molecule has 0 bridgehead atoms. The van der Waals surface area contributed by atoms with Crippen molar-refractivity contribution in [3.05, 3.63) is 0 Å². The summed E-state index contributed by atoms with van der Waals surface area (Å²) in [5.41, 5.74) is 16.0. The Kier molecular flexibility index (Phi) is 3.12. The van der Waals surface area contributed by atoms with Crippen molar-refractivity contribution in [3.63, 3.8) is 0 Å². The van der Waals surface area contributed by atoms with E-state index in [-0.39, 0.29) is 28.1 Å². The Labute approximate surface area is 121 Å². The van der Waals surface area contributed by atoms with Crippen molar-refractivity contribution < 1.29 is 4.79 Å². The Hall–Kier alpha value is -1.26. The lowest BCUT2D eigenvalue weighted by atomic mass is 9.61. The minimum Gasteiger partial charge on any atom is -0.370 e. The third kappa shape index (κ3) is 1.55. The molecule has 0 aromatic carbocycles. The second-order valence-electron chi connectivity index (χ2n) is 7.64. The molecular formula is C15H28N4O. The van der Waals surface area contributed by atoms with Crippen molar-refractivity contribution in [2.24, 2.45) is 56.2 Å². The highest BCUT2D eigenvalue weighted by molar-refractivity contribution is 5.90. The number of aliphatic imine (C=N–C) groups is 1. The van der Waals surface area contributed by atoms with Crippen molar-refractivity contribution in [2.45, 2.75) is 41.0 Å². The van der Waals surface area contributed by atoms with Crippen LogP contribution in [-0.4, -0.2) is 18.4 Å². The molecule has 0 aromatic heterocycles. The van der Waals surface area contributed by atoms with Gasteiger partial charge in [0.25, 0.3) is 0 Å². The molecule has 5 heteroatoms. The van der Waals surface area contributed by atoms with Crippen LogP contribution in [0.5, 0.6) is 0 Å². The van der Waals surface area contributed by atoms with Crippen LogP contribution in [0.3, 0.4) is 0 Å². The fraction of sp³-hybridized carbons (Fsp3) is 0.867. The summed E-state index contributed by atoms with van der Waals surface area (Å²) in [5, 5.41) is 0. The van der Waals surface area contributed by atoms with Crippen molar-refractivity contribution in [2.75, 3.05) is 6.54 Å². The molecular weight excluding hydrogens is 252 g/mol. The first-order chi connectivity index (χ1) is 9.05. The normalized spacial score (nSPS) is 38.3. The predicted molar refractivity (Wildman–Crippen MR) is 80.6 cm³/mol. The number of hydrogen-bond donors (Lipinski definition) is 3. The first-order valence-electron chi connectivity index (χ1n) is 7.40. The first kappa shape index (κ1) is 15.1. The number of amides is 1. The Balaban J connectivity index is 2.17. The predicted octanol–water partition coefficient (Wildman–Crippen LogP) is 1.07. The van der Waals surface area contributed by atoms with Crippen LogP contribution in [0.25, 0.3) is 0 Å². The zero-order chi connectivity index (χ0) is 15.5. The number of nitrogens with zero attached hydrogens (tertiary/aromatic N) is 1. The number of carbonyl (C=O) groups excluding carboxylic acids is 1. The molecule has 114 valence electrons. The minimum atomic E-state index is -0.381. The van der Waals surface area contributed by atoms with Crippen LogP contribution in [0.4, 0.5) is 0 Å². The Morgan fingerprint density at radius 3 is 2.15 bits per heavy atom. The molecule has 0 spiro atoms. The van der Waals surface area contributed by atoms with Crippen molar-refractivity contribution in [3.8, 4) is 0 Å². The molecule has 20 heavy (non-hydrogen) atoms. The monoisotopic (exact) mass is 280 g/mol. The maximum absolute atomic E-state index is 12.2. The summed E-state index contributed by atoms with van der Waals surface area (Å²) in [6.45, 7) is 11.4. The van der Waals surface area contributed by atoms with E-state index in [2.05, 4.69) is 39.6 Å². The van der Waals surface area contributed by atoms with Crippen LogP contribution < -0.4 is 17.2 Å². The van der Waals surface area contributed by atoms with Crippen LogP contribution in [0.15, 0.2) is 4.99 Å². The third-order valence-corrected chi connectivity index (χ3v) is 6.03. The number of fused-ring (bicyclic) bond motifs is 1. The Morgan fingerprint density at radius 1 is 1.30 bits per heavy atom. The molecule has 2 aliphatic carbocycles. The van der Waals surface area contributed by atoms with Gasteiger partial charge in [0.1, 0.15) is 0 Å². The van der Waals surface area contributed by atoms with Gasteiger partial charge < -0.3 is 17.2 Å². The number of primary amides is 1. The van der Waals surface area contributed by atoms with E-state index in [0.29, 0.717) is 24.3 Å². The quantitative estimate of drug-likeness (QED) is 0.500. The van der Waals surface area contributed by atoms with Crippen molar-refractivity contribution in [1.82, 2.24) is 0 Å². The summed E-state index contributed by atoms with van der Waals surface area (Å²) >= 11 is 0. The van der Waals surface area contributed by atoms with Gasteiger partial charge in [-0.15, -0.1) is 0 Å². The average Bonchev–Trinajstić information content (AvgIpc) is 3.01. The summed E-state index contributed by atoms with van der Waals surface area (Å²) in [5.74, 6) is 1.60. The first-order valence-corrected chi connectivity index (χ1v) is 7.40. The lowest BCUT2D eigenvalue weighted by molar-refractivity contribution is -0.134. The summed E-state index contributed by atoms with van der Waals surface area (Å²) in [4.78, 5) is 16.2. The molecule has 4 unspecified atom stereocenters. The molecule has 2 fully saturated rings. The van der Waals surface area contributed by atoms with Gasteiger partial charge in [-0.05, 0) is 35.0 Å². The molecule has 2 rings (SSSR count). The summed E-state index contributed by atoms with van der Waals surface area (Å²) in [7, 11) is 0. The van der Waals surface area contributed by atoms with Gasteiger partial charge in [0.05, 0.1) is 5.41 Å². The lowest BCUT2D eigenvalue weighted by Crippen LogP contribution is -2.48. The van der Waals surface area contributed by atoms with E-state index >= 15 is 0 Å². The summed E-state index contributed by atoms with van der Waals surface area (Å²) in [6.07, 6.45) is 0.769. The summed E-state index contributed by atoms with van der Waals surface area (Å²) < 4.78 is 0. The summed E-state index contributed by atoms with van der Waals surface area (Å²) in [6, 6.07) is 0. The van der Waals surface area contributed by atoms with E-state index in [9.17, 15) is 4.79 Å². The maximum atomic E-state index is 12.2. The second-order valence-corrected chi connectivity index (χ2v) is 7.64. The smallest absolute Gasteiger partial charge is 0.225 e. The van der Waals surface area contributed by atoms with Crippen molar-refractivity contribution >= 4 is 11.9 Å². The van der Waals surface area contributed by atoms with E-state index in [4.69, 9.17) is 17.2 Å². The zero-order valence-corrected chi connectivity index (χ0v) is 13.2. The van der Waals surface area contributed by atoms with Crippen LogP contribution in [0.2, 0.25) is 0 Å². The molecule has 6 N–H and O–H groups in total. The van der Waals surface area contributed by atoms with E-state index in [1.54, 1.807) is 0 Å². The fourth-order valence-corrected chi connectivity index (χ4v) is 5.30. The standard InChI is InChI=1S/C15H28N4O/c1-8(2)9-10-14(9,5)15(10,11(16)20)13(3,4)6-7-19-12(17)18/h8-10H,6-7H2,1-5H3,(H2,16,20)(H4,17,18,19). The topological polar surface area (TPSA) is 107 Å². The van der Waals surface area contributed by atoms with Crippen LogP contribution in [0, 0.1) is 34.0 Å². The van der Waals surface area contributed by atoms with E-state index in [0.717, 1.165) is 6.42 Å². The molecule has 0 saturated heterocycles. The van der Waals surface area contributed by atoms with Gasteiger partial charge in [0.2, 0.25) is 5.91 Å². The highest BCUT2D eigenvalue weighted by Gasteiger charge is 2.97. The molecule has 2 saturated carbocycles. The van der Waals surface area contributed by atoms with Gasteiger partial charge in [-0.1, -0.05) is 34.6 Å². The molecule has 0 heterocycles. The second kappa shape index (κ2) is 4.12. The van der Waals surface area contributed by atoms with E-state index in [1.807, 2.05) is 0 Å². The maximum Gasteiger partial charge on any atom is 0.225 e. The largest absolute Gasteiger partial charge is 0.370 e. The number of rotatable bonds is 6. The number of carbonyl (C=O) groups is 1. The number of hydrogen-bond acceptors (Lipinski definition) is 2. The molecule has 0 aromatic rings. The lowest BCUT2D eigenvalue weighted by Gasteiger charge is -2.42. The van der Waals surface area contributed by atoms with Crippen LogP contribution in [-0.2, 0) is 4.79 Å². The highest BCUT2D eigenvalue weighted by atomic mass is 16.1. The van der Waals surface area contributed by atoms with Gasteiger partial charge in [0, 0.05) is 6.54 Å². The van der Waals surface area contributed by atoms with Gasteiger partial charge in [-0.3, -0.25) is 9.79 Å². The minimum absolute atomic E-state index is 0.0779. The zero-order valence-electron chi connectivity index (χ0n) is 13.2. The molecule has 0 radical (unpaired) electrons. The Bertz CT molecular complexity index is 466. The molecule has 5 nitrogen and oxygen atoms in total. The molecule has 4 atom stereocenters. The highest BCUT2D eigenvalue weighted by Crippen LogP contribution is 2.96. The van der Waals surface area contributed by atoms with Gasteiger partial charge >= 0.3 is 0 Å². The van der Waals surface area contributed by atoms with Crippen molar-refractivity contribution in [1.29, 1.82) is 0 Å². The van der Waals surface area contributed by atoms with Crippen LogP contribution >= 0.6 is 0 Å². The average molecular weight is 280 g/mol. The number of guanidine groups is 1. The van der Waals surface area contributed by atoms with Crippen LogP contribution in [0.1, 0.15) is 41.0 Å².